The van der Waals surface area contributed by atoms with Crippen LogP contribution < -0.4 is 5.73 Å². The molecule has 1 aromatic carbocycles. The minimum atomic E-state index is -4.51. The normalized spacial score (nSPS) is 14.5. The van der Waals surface area contributed by atoms with Crippen molar-refractivity contribution in [2.45, 2.75) is 64.6 Å². The molecule has 22 heavy (non-hydrogen) atoms. The molecule has 0 bridgehead atoms. The van der Waals surface area contributed by atoms with Gasteiger partial charge in [0.15, 0.2) is 0 Å². The summed E-state index contributed by atoms with van der Waals surface area (Å²) in [5.41, 5.74) is 5.31. The van der Waals surface area contributed by atoms with Gasteiger partial charge in [-0.1, -0.05) is 41.5 Å². The van der Waals surface area contributed by atoms with Crippen LogP contribution >= 0.6 is 12.4 Å². The highest BCUT2D eigenvalue weighted by Crippen LogP contribution is 2.42. The summed E-state index contributed by atoms with van der Waals surface area (Å²) in [4.78, 5) is 0. The third-order valence-electron chi connectivity index (χ3n) is 3.46. The van der Waals surface area contributed by atoms with Gasteiger partial charge in [-0.2, -0.15) is 13.2 Å². The lowest BCUT2D eigenvalue weighted by molar-refractivity contribution is -0.149. The second kappa shape index (κ2) is 6.28. The van der Waals surface area contributed by atoms with Crippen LogP contribution in [0.1, 0.15) is 64.3 Å². The molecule has 0 fully saturated rings. The van der Waals surface area contributed by atoms with Crippen molar-refractivity contribution in [2.24, 2.45) is 5.73 Å². The largest absolute Gasteiger partial charge is 0.507 e. The number of halogens is 4. The van der Waals surface area contributed by atoms with E-state index in [2.05, 4.69) is 0 Å². The van der Waals surface area contributed by atoms with Gasteiger partial charge in [0.2, 0.25) is 0 Å². The smallest absolute Gasteiger partial charge is 0.407 e. The third-order valence-corrected chi connectivity index (χ3v) is 3.46. The van der Waals surface area contributed by atoms with Gasteiger partial charge >= 0.3 is 6.18 Å². The molecule has 0 spiro atoms. The molecule has 1 rings (SSSR count). The van der Waals surface area contributed by atoms with Gasteiger partial charge in [0.25, 0.3) is 0 Å². The fourth-order valence-electron chi connectivity index (χ4n) is 2.17. The van der Waals surface area contributed by atoms with Crippen molar-refractivity contribution in [3.05, 3.63) is 28.8 Å². The molecule has 1 aromatic rings. The van der Waals surface area contributed by atoms with Crippen LogP contribution in [0.15, 0.2) is 12.1 Å². The molecule has 0 aliphatic heterocycles. The van der Waals surface area contributed by atoms with Crippen molar-refractivity contribution in [1.29, 1.82) is 0 Å². The summed E-state index contributed by atoms with van der Waals surface area (Å²) in [5, 5.41) is 10.4. The van der Waals surface area contributed by atoms with Gasteiger partial charge in [0.1, 0.15) is 11.8 Å². The molecule has 2 nitrogen and oxygen atoms in total. The van der Waals surface area contributed by atoms with E-state index in [0.29, 0.717) is 11.1 Å². The first-order valence-corrected chi connectivity index (χ1v) is 6.86. The Balaban J connectivity index is 0.00000441. The summed E-state index contributed by atoms with van der Waals surface area (Å²) in [5.74, 6) is 0.0492. The number of alkyl halides is 3. The highest BCUT2D eigenvalue weighted by Gasteiger charge is 2.39. The van der Waals surface area contributed by atoms with Crippen molar-refractivity contribution in [3.63, 3.8) is 0 Å². The zero-order valence-corrected chi connectivity index (χ0v) is 14.6. The molecule has 0 unspecified atom stereocenters. The van der Waals surface area contributed by atoms with Crippen molar-refractivity contribution in [3.8, 4) is 5.75 Å². The summed E-state index contributed by atoms with van der Waals surface area (Å²) in [6.45, 7) is 11.1. The maximum Gasteiger partial charge on any atom is 0.407 e. The summed E-state index contributed by atoms with van der Waals surface area (Å²) in [7, 11) is 0. The van der Waals surface area contributed by atoms with E-state index < -0.39 is 23.0 Å². The Morgan fingerprint density at radius 1 is 0.909 bits per heavy atom. The molecule has 1 atom stereocenters. The van der Waals surface area contributed by atoms with Crippen LogP contribution in [0.25, 0.3) is 0 Å². The van der Waals surface area contributed by atoms with Crippen molar-refractivity contribution < 1.29 is 18.3 Å². The average molecular weight is 340 g/mol. The van der Waals surface area contributed by atoms with E-state index in [9.17, 15) is 18.3 Å². The average Bonchev–Trinajstić information content (AvgIpc) is 2.23. The van der Waals surface area contributed by atoms with Crippen LogP contribution in [0.3, 0.4) is 0 Å². The van der Waals surface area contributed by atoms with Crippen LogP contribution in [-0.4, -0.2) is 11.3 Å². The van der Waals surface area contributed by atoms with E-state index in [0.717, 1.165) is 0 Å². The Morgan fingerprint density at radius 3 is 1.45 bits per heavy atom. The number of rotatable bonds is 1. The zero-order valence-electron chi connectivity index (χ0n) is 13.8. The molecular formula is C16H25ClF3NO. The van der Waals surface area contributed by atoms with Crippen LogP contribution in [0, 0.1) is 0 Å². The number of benzene rings is 1. The van der Waals surface area contributed by atoms with Crippen LogP contribution in [0.5, 0.6) is 5.75 Å². The Hall–Kier alpha value is -0.940. The molecule has 0 radical (unpaired) electrons. The number of aromatic hydroxyl groups is 1. The van der Waals surface area contributed by atoms with E-state index >= 15 is 0 Å². The van der Waals surface area contributed by atoms with Gasteiger partial charge in [0, 0.05) is 0 Å². The van der Waals surface area contributed by atoms with E-state index in [1.165, 1.54) is 12.1 Å². The molecule has 6 heteroatoms. The van der Waals surface area contributed by atoms with E-state index in [1.807, 2.05) is 41.5 Å². The van der Waals surface area contributed by atoms with E-state index in [4.69, 9.17) is 5.73 Å². The first-order chi connectivity index (χ1) is 9.15. The molecule has 128 valence electrons. The van der Waals surface area contributed by atoms with E-state index in [-0.39, 0.29) is 23.7 Å². The molecule has 0 saturated heterocycles. The van der Waals surface area contributed by atoms with E-state index in [1.54, 1.807) is 0 Å². The minimum absolute atomic E-state index is 0. The molecule has 0 aliphatic rings. The fraction of sp³-hybridized carbons (Fsp3) is 0.625. The first-order valence-electron chi connectivity index (χ1n) is 6.86. The Bertz CT molecular complexity index is 493. The molecule has 3 N–H and O–H groups in total. The van der Waals surface area contributed by atoms with Gasteiger partial charge in [-0.3, -0.25) is 0 Å². The van der Waals surface area contributed by atoms with Crippen molar-refractivity contribution >= 4 is 12.4 Å². The molecule has 0 amide bonds. The fourth-order valence-corrected chi connectivity index (χ4v) is 2.17. The summed E-state index contributed by atoms with van der Waals surface area (Å²) < 4.78 is 38.7. The monoisotopic (exact) mass is 339 g/mol. The van der Waals surface area contributed by atoms with Crippen LogP contribution in [0.4, 0.5) is 13.2 Å². The Kier molecular flexibility index (Phi) is 6.01. The predicted molar refractivity (Wildman–Crippen MR) is 85.7 cm³/mol. The van der Waals surface area contributed by atoms with Crippen molar-refractivity contribution in [2.75, 3.05) is 0 Å². The molecule has 0 aliphatic carbocycles. The lowest BCUT2D eigenvalue weighted by Gasteiger charge is -2.29. The minimum Gasteiger partial charge on any atom is -0.507 e. The van der Waals surface area contributed by atoms with Crippen molar-refractivity contribution in [1.82, 2.24) is 0 Å². The number of hydrogen-bond donors (Lipinski definition) is 2. The maximum absolute atomic E-state index is 12.9. The van der Waals surface area contributed by atoms with Crippen LogP contribution in [0.2, 0.25) is 0 Å². The highest BCUT2D eigenvalue weighted by atomic mass is 35.5. The Morgan fingerprint density at radius 2 is 1.23 bits per heavy atom. The second-order valence-corrected chi connectivity index (χ2v) is 7.48. The molecular weight excluding hydrogens is 315 g/mol. The maximum atomic E-state index is 12.9. The summed E-state index contributed by atoms with van der Waals surface area (Å²) in [6.07, 6.45) is -4.51. The van der Waals surface area contributed by atoms with Gasteiger partial charge in [0.05, 0.1) is 0 Å². The quantitative estimate of drug-likeness (QED) is 0.758. The number of nitrogens with two attached hydrogens (primary N) is 1. The molecule has 0 saturated carbocycles. The molecule has 0 heterocycles. The highest BCUT2D eigenvalue weighted by molar-refractivity contribution is 5.85. The Labute approximate surface area is 136 Å². The predicted octanol–water partition coefficient (Wildman–Crippen LogP) is 4.97. The van der Waals surface area contributed by atoms with Crippen LogP contribution in [-0.2, 0) is 10.8 Å². The number of phenols is 1. The topological polar surface area (TPSA) is 46.2 Å². The van der Waals surface area contributed by atoms with Gasteiger partial charge in [-0.05, 0) is 39.7 Å². The summed E-state index contributed by atoms with van der Waals surface area (Å²) >= 11 is 0. The lowest BCUT2D eigenvalue weighted by Crippen LogP contribution is -2.29. The number of phenolic OH excluding ortho intramolecular Hbond substituents is 1. The van der Waals surface area contributed by atoms with Gasteiger partial charge in [-0.15, -0.1) is 12.4 Å². The standard InChI is InChI=1S/C16H24F3NO.ClH/c1-14(2,3)10-7-9(13(20)16(17,18)19)8-11(12(10)21)15(4,5)6;/h7-8,13,21H,20H2,1-6H3;1H/t13-;/m1./s1. The van der Waals surface area contributed by atoms with Gasteiger partial charge in [-0.25, -0.2) is 0 Å². The second-order valence-electron chi connectivity index (χ2n) is 7.48. The summed E-state index contributed by atoms with van der Waals surface area (Å²) in [6, 6.07) is 0.672. The molecule has 0 aromatic heterocycles. The first kappa shape index (κ1) is 21.1. The number of hydrogen-bond acceptors (Lipinski definition) is 2. The SMILES string of the molecule is CC(C)(C)c1cc([C@@H](N)C(F)(F)F)cc(C(C)(C)C)c1O.Cl. The third kappa shape index (κ3) is 4.53. The van der Waals surface area contributed by atoms with Gasteiger partial charge < -0.3 is 10.8 Å². The zero-order chi connectivity index (χ0) is 16.8. The lowest BCUT2D eigenvalue weighted by atomic mass is 9.77.